The number of carbonyl (C=O) groups is 2. The van der Waals surface area contributed by atoms with E-state index in [2.05, 4.69) is 5.32 Å². The highest BCUT2D eigenvalue weighted by molar-refractivity contribution is 5.86. The van der Waals surface area contributed by atoms with Crippen LogP contribution >= 0.6 is 12.4 Å². The molecule has 6 heteroatoms. The third kappa shape index (κ3) is 4.09. The highest BCUT2D eigenvalue weighted by Gasteiger charge is 2.37. The van der Waals surface area contributed by atoms with Crippen LogP contribution in [0, 0.1) is 5.92 Å². The minimum absolute atomic E-state index is 0. The molecular weight excluding hydrogens is 278 g/mol. The molecule has 5 nitrogen and oxygen atoms in total. The van der Waals surface area contributed by atoms with Crippen LogP contribution < -0.4 is 16.8 Å². The molecule has 5 N–H and O–H groups in total. The van der Waals surface area contributed by atoms with Crippen molar-refractivity contribution in [2.45, 2.75) is 69.4 Å². The zero-order valence-electron chi connectivity index (χ0n) is 11.9. The number of nitrogens with one attached hydrogen (secondary N) is 1. The molecule has 0 aromatic rings. The molecule has 0 aromatic heterocycles. The third-order valence-corrected chi connectivity index (χ3v) is 4.66. The summed E-state index contributed by atoms with van der Waals surface area (Å²) < 4.78 is 0. The van der Waals surface area contributed by atoms with Crippen molar-refractivity contribution >= 4 is 24.2 Å². The van der Waals surface area contributed by atoms with Gasteiger partial charge in [-0.1, -0.05) is 19.3 Å². The molecule has 0 bridgehead atoms. The Morgan fingerprint density at radius 1 is 1.00 bits per heavy atom. The lowest BCUT2D eigenvalue weighted by molar-refractivity contribution is -0.128. The molecule has 2 amide bonds. The van der Waals surface area contributed by atoms with E-state index in [-0.39, 0.29) is 36.2 Å². The second kappa shape index (κ2) is 7.27. The molecule has 0 atom stereocenters. The van der Waals surface area contributed by atoms with Crippen molar-refractivity contribution in [3.05, 3.63) is 0 Å². The maximum absolute atomic E-state index is 12.3. The Bertz CT molecular complexity index is 348. The summed E-state index contributed by atoms with van der Waals surface area (Å²) in [6.07, 6.45) is 8.04. The van der Waals surface area contributed by atoms with E-state index in [1.807, 2.05) is 0 Å². The van der Waals surface area contributed by atoms with Crippen LogP contribution in [0.2, 0.25) is 0 Å². The van der Waals surface area contributed by atoms with Crippen LogP contribution in [-0.4, -0.2) is 23.4 Å². The van der Waals surface area contributed by atoms with Gasteiger partial charge in [0.15, 0.2) is 0 Å². The van der Waals surface area contributed by atoms with Crippen molar-refractivity contribution in [3.8, 4) is 0 Å². The van der Waals surface area contributed by atoms with Crippen LogP contribution in [-0.2, 0) is 9.59 Å². The Balaban J connectivity index is 0.00000200. The molecule has 2 aliphatic carbocycles. The predicted octanol–water partition coefficient (Wildman–Crippen LogP) is 1.23. The van der Waals surface area contributed by atoms with Gasteiger partial charge in [0.05, 0.1) is 5.54 Å². The van der Waals surface area contributed by atoms with Crippen LogP contribution in [0.15, 0.2) is 0 Å². The SMILES string of the molecule is Cl.NC(=O)C1CCC(NC(=O)C2(N)CCCCC2)CC1. The van der Waals surface area contributed by atoms with E-state index in [4.69, 9.17) is 11.5 Å². The number of primary amides is 1. The quantitative estimate of drug-likeness (QED) is 0.731. The summed E-state index contributed by atoms with van der Waals surface area (Å²) in [5.41, 5.74) is 10.8. The topological polar surface area (TPSA) is 98.2 Å². The Morgan fingerprint density at radius 3 is 2.05 bits per heavy atom. The molecule has 116 valence electrons. The number of hydrogen-bond acceptors (Lipinski definition) is 3. The van der Waals surface area contributed by atoms with Gasteiger partial charge in [-0.3, -0.25) is 9.59 Å². The normalized spacial score (nSPS) is 29.1. The van der Waals surface area contributed by atoms with E-state index in [1.54, 1.807) is 0 Å². The van der Waals surface area contributed by atoms with Crippen LogP contribution in [0.3, 0.4) is 0 Å². The second-order valence-corrected chi connectivity index (χ2v) is 6.14. The molecule has 2 rings (SSSR count). The van der Waals surface area contributed by atoms with Crippen LogP contribution in [0.25, 0.3) is 0 Å². The molecule has 0 unspecified atom stereocenters. The summed E-state index contributed by atoms with van der Waals surface area (Å²) in [5, 5.41) is 3.07. The molecule has 0 aromatic carbocycles. The molecule has 0 saturated heterocycles. The number of amides is 2. The first-order valence-electron chi connectivity index (χ1n) is 7.40. The van der Waals surface area contributed by atoms with Crippen molar-refractivity contribution in [1.82, 2.24) is 5.32 Å². The molecular formula is C14H26ClN3O2. The van der Waals surface area contributed by atoms with Crippen LogP contribution in [0.1, 0.15) is 57.8 Å². The number of rotatable bonds is 3. The zero-order chi connectivity index (χ0) is 13.9. The average molecular weight is 304 g/mol. The average Bonchev–Trinajstić information content (AvgIpc) is 2.40. The molecule has 0 radical (unpaired) electrons. The summed E-state index contributed by atoms with van der Waals surface area (Å²) >= 11 is 0. The lowest BCUT2D eigenvalue weighted by Gasteiger charge is -2.35. The maximum Gasteiger partial charge on any atom is 0.240 e. The van der Waals surface area contributed by atoms with Crippen LogP contribution in [0.4, 0.5) is 0 Å². The third-order valence-electron chi connectivity index (χ3n) is 4.66. The van der Waals surface area contributed by atoms with Crippen LogP contribution in [0.5, 0.6) is 0 Å². The summed E-state index contributed by atoms with van der Waals surface area (Å²) in [6.45, 7) is 0. The Labute approximate surface area is 126 Å². The summed E-state index contributed by atoms with van der Waals surface area (Å²) in [4.78, 5) is 23.4. The fourth-order valence-corrected chi connectivity index (χ4v) is 3.26. The van der Waals surface area contributed by atoms with E-state index in [9.17, 15) is 9.59 Å². The van der Waals surface area contributed by atoms with E-state index in [0.717, 1.165) is 51.4 Å². The first-order valence-corrected chi connectivity index (χ1v) is 7.40. The highest BCUT2D eigenvalue weighted by Crippen LogP contribution is 2.28. The van der Waals surface area contributed by atoms with Gasteiger partial charge in [0, 0.05) is 12.0 Å². The van der Waals surface area contributed by atoms with Crippen molar-refractivity contribution in [2.24, 2.45) is 17.4 Å². The van der Waals surface area contributed by atoms with E-state index in [1.165, 1.54) is 6.42 Å². The second-order valence-electron chi connectivity index (χ2n) is 6.14. The molecule has 2 fully saturated rings. The zero-order valence-corrected chi connectivity index (χ0v) is 12.7. The van der Waals surface area contributed by atoms with Crippen molar-refractivity contribution in [1.29, 1.82) is 0 Å². The van der Waals surface area contributed by atoms with Gasteiger partial charge in [-0.2, -0.15) is 0 Å². The molecule has 0 heterocycles. The first kappa shape index (κ1) is 17.2. The molecule has 2 aliphatic rings. The van der Waals surface area contributed by atoms with E-state index < -0.39 is 5.54 Å². The first-order chi connectivity index (χ1) is 9.01. The molecule has 0 spiro atoms. The maximum atomic E-state index is 12.3. The van der Waals surface area contributed by atoms with Crippen molar-refractivity contribution < 1.29 is 9.59 Å². The van der Waals surface area contributed by atoms with Gasteiger partial charge in [-0.25, -0.2) is 0 Å². The Morgan fingerprint density at radius 2 is 1.55 bits per heavy atom. The summed E-state index contributed by atoms with van der Waals surface area (Å²) in [7, 11) is 0. The van der Waals surface area contributed by atoms with Gasteiger partial charge in [0.1, 0.15) is 0 Å². The summed E-state index contributed by atoms with van der Waals surface area (Å²) in [5.74, 6) is -0.239. The van der Waals surface area contributed by atoms with Gasteiger partial charge < -0.3 is 16.8 Å². The number of nitrogens with two attached hydrogens (primary N) is 2. The Hall–Kier alpha value is -0.810. The highest BCUT2D eigenvalue weighted by atomic mass is 35.5. The van der Waals surface area contributed by atoms with Gasteiger partial charge >= 0.3 is 0 Å². The largest absolute Gasteiger partial charge is 0.369 e. The van der Waals surface area contributed by atoms with Gasteiger partial charge in [-0.05, 0) is 38.5 Å². The number of carbonyl (C=O) groups excluding carboxylic acids is 2. The Kier molecular flexibility index (Phi) is 6.27. The van der Waals surface area contributed by atoms with Gasteiger partial charge in [0.25, 0.3) is 0 Å². The van der Waals surface area contributed by atoms with Crippen molar-refractivity contribution in [2.75, 3.05) is 0 Å². The minimum Gasteiger partial charge on any atom is -0.369 e. The fourth-order valence-electron chi connectivity index (χ4n) is 3.26. The van der Waals surface area contributed by atoms with Gasteiger partial charge in [-0.15, -0.1) is 12.4 Å². The molecule has 2 saturated carbocycles. The smallest absolute Gasteiger partial charge is 0.240 e. The lowest BCUT2D eigenvalue weighted by atomic mass is 9.80. The number of hydrogen-bond donors (Lipinski definition) is 3. The predicted molar refractivity (Wildman–Crippen MR) is 80.3 cm³/mol. The lowest BCUT2D eigenvalue weighted by Crippen LogP contribution is -2.57. The van der Waals surface area contributed by atoms with Gasteiger partial charge in [0.2, 0.25) is 11.8 Å². The van der Waals surface area contributed by atoms with Crippen molar-refractivity contribution in [3.63, 3.8) is 0 Å². The van der Waals surface area contributed by atoms with E-state index >= 15 is 0 Å². The minimum atomic E-state index is -0.668. The molecule has 0 aliphatic heterocycles. The monoisotopic (exact) mass is 303 g/mol. The van der Waals surface area contributed by atoms with E-state index in [0.29, 0.717) is 0 Å². The molecule has 20 heavy (non-hydrogen) atoms. The standard InChI is InChI=1S/C14H25N3O2.ClH/c15-12(18)10-4-6-11(7-5-10)17-13(19)14(16)8-2-1-3-9-14;/h10-11H,1-9,16H2,(H2,15,18)(H,17,19);1H. The fraction of sp³-hybridized carbons (Fsp3) is 0.857. The number of halogens is 1. The summed E-state index contributed by atoms with van der Waals surface area (Å²) in [6, 6.07) is 0.158.